The highest BCUT2D eigenvalue weighted by Gasteiger charge is 2.54. The lowest BCUT2D eigenvalue weighted by Gasteiger charge is -2.30. The molecule has 0 bridgehead atoms. The van der Waals surface area contributed by atoms with Crippen LogP contribution < -0.4 is 5.32 Å². The summed E-state index contributed by atoms with van der Waals surface area (Å²) in [7, 11) is 0. The number of benzene rings is 1. The summed E-state index contributed by atoms with van der Waals surface area (Å²) >= 11 is 0. The number of hydrogen-bond acceptors (Lipinski definition) is 4. The van der Waals surface area contributed by atoms with Crippen molar-refractivity contribution in [1.82, 2.24) is 5.32 Å². The molecule has 124 valence electrons. The molecule has 0 aliphatic carbocycles. The van der Waals surface area contributed by atoms with E-state index >= 15 is 0 Å². The van der Waals surface area contributed by atoms with Crippen molar-refractivity contribution in [2.75, 3.05) is 13.2 Å². The van der Waals surface area contributed by atoms with Crippen LogP contribution in [-0.4, -0.2) is 36.0 Å². The predicted octanol–water partition coefficient (Wildman–Crippen LogP) is 2.41. The summed E-state index contributed by atoms with van der Waals surface area (Å²) in [6, 6.07) is 8.82. The van der Waals surface area contributed by atoms with Gasteiger partial charge in [-0.1, -0.05) is 37.3 Å². The Hall–Kier alpha value is -1.60. The highest BCUT2D eigenvalue weighted by Crippen LogP contribution is 2.30. The molecule has 0 saturated heterocycles. The maximum atomic E-state index is 13.0. The summed E-state index contributed by atoms with van der Waals surface area (Å²) in [5, 5.41) is 12.3. The van der Waals surface area contributed by atoms with Crippen molar-refractivity contribution < 1.29 is 27.8 Å². The minimum atomic E-state index is -4.90. The predicted molar refractivity (Wildman–Crippen MR) is 75.0 cm³/mol. The summed E-state index contributed by atoms with van der Waals surface area (Å²) in [6.07, 6.45) is -4.41. The Morgan fingerprint density at radius 3 is 2.45 bits per heavy atom. The van der Waals surface area contributed by atoms with Crippen LogP contribution >= 0.6 is 0 Å². The van der Waals surface area contributed by atoms with Crippen molar-refractivity contribution in [3.8, 4) is 0 Å². The van der Waals surface area contributed by atoms with Gasteiger partial charge in [-0.3, -0.25) is 4.79 Å². The number of rotatable bonds is 8. The summed E-state index contributed by atoms with van der Waals surface area (Å²) in [5.74, 6) is -0.756. The van der Waals surface area contributed by atoms with E-state index in [9.17, 15) is 23.1 Å². The van der Waals surface area contributed by atoms with Crippen LogP contribution in [0.1, 0.15) is 25.3 Å². The number of nitrogens with one attached hydrogen (secondary N) is 1. The smallest absolute Gasteiger partial charge is 0.421 e. The third kappa shape index (κ3) is 5.65. The zero-order valence-electron chi connectivity index (χ0n) is 12.3. The molecule has 1 rings (SSSR count). The third-order valence-corrected chi connectivity index (χ3v) is 3.04. The standard InChI is InChI=1S/C15H20F3NO3/c1-2-6-13(20)22-11-14(21,15(16,17)18)10-19-9-12-7-4-3-5-8-12/h3-5,7-8,19,21H,2,6,9-11H2,1H3/t14-/m1/s1. The number of aliphatic hydroxyl groups is 1. The third-order valence-electron chi connectivity index (χ3n) is 3.04. The Kier molecular flexibility index (Phi) is 6.83. The first kappa shape index (κ1) is 18.4. The number of hydrogen-bond donors (Lipinski definition) is 2. The topological polar surface area (TPSA) is 58.6 Å². The van der Waals surface area contributed by atoms with Crippen molar-refractivity contribution >= 4 is 5.97 Å². The fraction of sp³-hybridized carbons (Fsp3) is 0.533. The van der Waals surface area contributed by atoms with Gasteiger partial charge in [0.15, 0.2) is 0 Å². The van der Waals surface area contributed by atoms with Gasteiger partial charge in [-0.05, 0) is 12.0 Å². The van der Waals surface area contributed by atoms with E-state index in [0.717, 1.165) is 5.56 Å². The molecule has 1 atom stereocenters. The Labute approximate surface area is 127 Å². The van der Waals surface area contributed by atoms with E-state index in [2.05, 4.69) is 10.1 Å². The molecule has 22 heavy (non-hydrogen) atoms. The largest absolute Gasteiger partial charge is 0.462 e. The van der Waals surface area contributed by atoms with E-state index < -0.39 is 30.9 Å². The first-order valence-electron chi connectivity index (χ1n) is 6.98. The highest BCUT2D eigenvalue weighted by atomic mass is 19.4. The van der Waals surface area contributed by atoms with Gasteiger partial charge in [0.2, 0.25) is 5.60 Å². The van der Waals surface area contributed by atoms with E-state index in [0.29, 0.717) is 6.42 Å². The van der Waals surface area contributed by atoms with Crippen LogP contribution in [0.25, 0.3) is 0 Å². The van der Waals surface area contributed by atoms with Crippen molar-refractivity contribution in [2.24, 2.45) is 0 Å². The van der Waals surface area contributed by atoms with Crippen LogP contribution in [0.5, 0.6) is 0 Å². The second-order valence-corrected chi connectivity index (χ2v) is 5.03. The molecule has 1 aromatic carbocycles. The Bertz CT molecular complexity index is 465. The van der Waals surface area contributed by atoms with Gasteiger partial charge >= 0.3 is 12.1 Å². The van der Waals surface area contributed by atoms with Crippen LogP contribution in [0.2, 0.25) is 0 Å². The maximum Gasteiger partial charge on any atom is 0.421 e. The zero-order chi connectivity index (χ0) is 16.6. The molecule has 0 fully saturated rings. The highest BCUT2D eigenvalue weighted by molar-refractivity contribution is 5.69. The molecule has 4 nitrogen and oxygen atoms in total. The lowest BCUT2D eigenvalue weighted by Crippen LogP contribution is -2.56. The van der Waals surface area contributed by atoms with Crippen molar-refractivity contribution in [2.45, 2.75) is 38.1 Å². The van der Waals surface area contributed by atoms with Crippen LogP contribution in [0, 0.1) is 0 Å². The van der Waals surface area contributed by atoms with Crippen LogP contribution in [-0.2, 0) is 16.1 Å². The molecular weight excluding hydrogens is 299 g/mol. The van der Waals surface area contributed by atoms with Crippen molar-refractivity contribution in [1.29, 1.82) is 0 Å². The van der Waals surface area contributed by atoms with Gasteiger partial charge in [0.25, 0.3) is 0 Å². The van der Waals surface area contributed by atoms with Gasteiger partial charge in [-0.15, -0.1) is 0 Å². The normalized spacial score (nSPS) is 14.4. The summed E-state index contributed by atoms with van der Waals surface area (Å²) in [6.45, 7) is 0.00267. The van der Waals surface area contributed by atoms with E-state index in [1.807, 2.05) is 0 Å². The number of halogens is 3. The molecule has 0 heterocycles. The Morgan fingerprint density at radius 1 is 1.27 bits per heavy atom. The first-order valence-corrected chi connectivity index (χ1v) is 6.98. The average Bonchev–Trinajstić information content (AvgIpc) is 2.45. The van der Waals surface area contributed by atoms with E-state index in [1.165, 1.54) is 0 Å². The monoisotopic (exact) mass is 319 g/mol. The maximum absolute atomic E-state index is 13.0. The van der Waals surface area contributed by atoms with Gasteiger partial charge in [-0.25, -0.2) is 0 Å². The first-order chi connectivity index (χ1) is 10.3. The van der Waals surface area contributed by atoms with Gasteiger partial charge in [0, 0.05) is 19.5 Å². The molecule has 0 saturated carbocycles. The van der Waals surface area contributed by atoms with Gasteiger partial charge in [0.1, 0.15) is 6.61 Å². The molecule has 0 spiro atoms. The quantitative estimate of drug-likeness (QED) is 0.723. The lowest BCUT2D eigenvalue weighted by molar-refractivity contribution is -0.270. The second-order valence-electron chi connectivity index (χ2n) is 5.03. The lowest BCUT2D eigenvalue weighted by atomic mass is 10.0. The van der Waals surface area contributed by atoms with E-state index in [1.54, 1.807) is 37.3 Å². The number of carbonyl (C=O) groups excluding carboxylic acids is 1. The van der Waals surface area contributed by atoms with E-state index in [4.69, 9.17) is 0 Å². The average molecular weight is 319 g/mol. The van der Waals surface area contributed by atoms with Crippen LogP contribution in [0.3, 0.4) is 0 Å². The summed E-state index contributed by atoms with van der Waals surface area (Å²) in [4.78, 5) is 11.2. The molecule has 0 unspecified atom stereocenters. The van der Waals surface area contributed by atoms with E-state index in [-0.39, 0.29) is 13.0 Å². The molecule has 0 aliphatic rings. The van der Waals surface area contributed by atoms with Crippen molar-refractivity contribution in [3.05, 3.63) is 35.9 Å². The SMILES string of the molecule is CCCC(=O)OC[C@](O)(CNCc1ccccc1)C(F)(F)F. The number of alkyl halides is 3. The molecular formula is C15H20F3NO3. The number of esters is 1. The minimum absolute atomic E-state index is 0.0192. The molecule has 0 amide bonds. The number of ether oxygens (including phenoxy) is 1. The molecule has 0 aliphatic heterocycles. The van der Waals surface area contributed by atoms with Gasteiger partial charge in [-0.2, -0.15) is 13.2 Å². The van der Waals surface area contributed by atoms with Crippen LogP contribution in [0.4, 0.5) is 13.2 Å². The molecule has 0 aromatic heterocycles. The zero-order valence-corrected chi connectivity index (χ0v) is 12.3. The van der Waals surface area contributed by atoms with Gasteiger partial charge < -0.3 is 15.2 Å². The Morgan fingerprint density at radius 2 is 1.91 bits per heavy atom. The summed E-state index contributed by atoms with van der Waals surface area (Å²) in [5.41, 5.74) is -2.32. The molecule has 1 aromatic rings. The van der Waals surface area contributed by atoms with Gasteiger partial charge in [0.05, 0.1) is 0 Å². The molecule has 2 N–H and O–H groups in total. The second kappa shape index (κ2) is 8.14. The van der Waals surface area contributed by atoms with Crippen LogP contribution in [0.15, 0.2) is 30.3 Å². The molecule has 7 heteroatoms. The number of carbonyl (C=O) groups is 1. The fourth-order valence-corrected chi connectivity index (χ4v) is 1.72. The summed E-state index contributed by atoms with van der Waals surface area (Å²) < 4.78 is 43.5. The minimum Gasteiger partial charge on any atom is -0.462 e. The van der Waals surface area contributed by atoms with Crippen molar-refractivity contribution in [3.63, 3.8) is 0 Å². The Balaban J connectivity index is 2.58. The molecule has 0 radical (unpaired) electrons. The fourth-order valence-electron chi connectivity index (χ4n) is 1.72.